The number of carboxylic acid groups (broad SMARTS) is 1. The first kappa shape index (κ1) is 13.6. The smallest absolute Gasteiger partial charge is 0.549 e. The number of halogens is 1. The van der Waals surface area contributed by atoms with Crippen molar-refractivity contribution in [3.05, 3.63) is 0 Å². The molecule has 0 aromatic carbocycles. The maximum atomic E-state index is 10.2. The number of hydrogen-bond donors (Lipinski definition) is 0. The molecule has 0 saturated heterocycles. The summed E-state index contributed by atoms with van der Waals surface area (Å²) in [4.78, 5) is 20.1. The second-order valence-corrected chi connectivity index (χ2v) is 1.96. The van der Waals surface area contributed by atoms with E-state index in [2.05, 4.69) is 0 Å². The van der Waals surface area contributed by atoms with E-state index in [-0.39, 0.29) is 57.8 Å². The molecule has 0 fully saturated rings. The van der Waals surface area contributed by atoms with E-state index in [9.17, 15) is 14.7 Å². The fourth-order valence-electron chi connectivity index (χ4n) is 0.420. The molecule has 0 saturated carbocycles. The van der Waals surface area contributed by atoms with Crippen LogP contribution in [0.1, 0.15) is 13.3 Å². The summed E-state index contributed by atoms with van der Waals surface area (Å²) in [6.45, 7) is 1.56. The molecular formula is C5H6ClKO3. The van der Waals surface area contributed by atoms with Crippen LogP contribution < -0.4 is 56.5 Å². The normalized spacial score (nSPS) is 11.4. The van der Waals surface area contributed by atoms with Gasteiger partial charge in [-0.3, -0.25) is 4.79 Å². The molecule has 0 aromatic rings. The summed E-state index contributed by atoms with van der Waals surface area (Å²) in [7, 11) is 0. The Labute approximate surface area is 107 Å². The van der Waals surface area contributed by atoms with E-state index in [0.717, 1.165) is 0 Å². The average molecular weight is 189 g/mol. The Balaban J connectivity index is 0. The number of carbonyl (C=O) groups is 2. The molecule has 0 aliphatic carbocycles. The van der Waals surface area contributed by atoms with Gasteiger partial charge in [-0.1, -0.05) is 6.92 Å². The molecule has 0 heterocycles. The van der Waals surface area contributed by atoms with E-state index in [1.54, 1.807) is 6.92 Å². The summed E-state index contributed by atoms with van der Waals surface area (Å²) in [5, 5.41) is 9.09. The summed E-state index contributed by atoms with van der Waals surface area (Å²) in [6.07, 6.45) is 0.185. The Hall–Kier alpha value is 1.07. The van der Waals surface area contributed by atoms with Gasteiger partial charge in [-0.15, -0.1) is 0 Å². The van der Waals surface area contributed by atoms with Gasteiger partial charge in [-0.25, -0.2) is 0 Å². The molecule has 1 atom stereocenters. The van der Waals surface area contributed by atoms with Gasteiger partial charge in [0.25, 0.3) is 0 Å². The molecule has 0 N–H and O–H groups in total. The predicted octanol–water partition coefficient (Wildman–Crippen LogP) is -3.47. The third-order valence-electron chi connectivity index (χ3n) is 0.967. The molecular weight excluding hydrogens is 183 g/mol. The van der Waals surface area contributed by atoms with Crippen molar-refractivity contribution in [2.24, 2.45) is 5.92 Å². The van der Waals surface area contributed by atoms with Crippen LogP contribution in [-0.2, 0) is 9.59 Å². The van der Waals surface area contributed by atoms with Gasteiger partial charge >= 0.3 is 51.4 Å². The summed E-state index contributed by atoms with van der Waals surface area (Å²) in [5.74, 6) is -2.55. The monoisotopic (exact) mass is 188 g/mol. The third kappa shape index (κ3) is 4.82. The number of carbonyl (C=O) groups excluding carboxylic acids is 2. The topological polar surface area (TPSA) is 57.2 Å². The van der Waals surface area contributed by atoms with Crippen molar-refractivity contribution < 1.29 is 66.1 Å². The maximum Gasteiger partial charge on any atom is 1.00 e. The van der Waals surface area contributed by atoms with E-state index in [0.29, 0.717) is 0 Å². The van der Waals surface area contributed by atoms with Gasteiger partial charge in [0.05, 0.1) is 11.9 Å². The van der Waals surface area contributed by atoms with Gasteiger partial charge in [0, 0.05) is 0 Å². The Bertz CT molecular complexity index is 123. The molecule has 0 aliphatic rings. The van der Waals surface area contributed by atoms with Crippen molar-refractivity contribution in [3.63, 3.8) is 0 Å². The van der Waals surface area contributed by atoms with Crippen LogP contribution in [0.5, 0.6) is 0 Å². The molecule has 0 aliphatic heterocycles. The first-order chi connectivity index (χ1) is 4.09. The van der Waals surface area contributed by atoms with E-state index in [1.807, 2.05) is 0 Å². The Morgan fingerprint density at radius 1 is 1.60 bits per heavy atom. The van der Waals surface area contributed by atoms with Crippen LogP contribution >= 0.6 is 11.6 Å². The fourth-order valence-corrected chi connectivity index (χ4v) is 0.663. The Morgan fingerprint density at radius 2 is 2.00 bits per heavy atom. The zero-order chi connectivity index (χ0) is 7.44. The van der Waals surface area contributed by atoms with Crippen molar-refractivity contribution in [2.45, 2.75) is 13.3 Å². The van der Waals surface area contributed by atoms with Crippen LogP contribution in [0.3, 0.4) is 0 Å². The van der Waals surface area contributed by atoms with E-state index in [4.69, 9.17) is 11.6 Å². The molecule has 0 bridgehead atoms. The van der Waals surface area contributed by atoms with Crippen molar-refractivity contribution in [3.8, 4) is 0 Å². The van der Waals surface area contributed by atoms with Crippen LogP contribution in [0.25, 0.3) is 0 Å². The van der Waals surface area contributed by atoms with E-state index < -0.39 is 17.1 Å². The zero-order valence-corrected chi connectivity index (χ0v) is 9.77. The zero-order valence-electron chi connectivity index (χ0n) is 5.89. The molecule has 5 heteroatoms. The van der Waals surface area contributed by atoms with Crippen molar-refractivity contribution >= 4 is 22.8 Å². The number of hydrogen-bond acceptors (Lipinski definition) is 3. The molecule has 52 valence electrons. The standard InChI is InChI=1S/C5H7ClO3.K/c1-2-3(4(6)7)5(8)9;/h3H,2H2,1H3,(H,8,9);/q;+1/p-1. The van der Waals surface area contributed by atoms with Crippen LogP contribution in [0.4, 0.5) is 0 Å². The van der Waals surface area contributed by atoms with Gasteiger partial charge in [-0.05, 0) is 18.0 Å². The second kappa shape index (κ2) is 6.76. The number of carboxylic acids is 1. The number of aliphatic carboxylic acids is 1. The van der Waals surface area contributed by atoms with Gasteiger partial charge < -0.3 is 9.90 Å². The molecule has 0 aromatic heterocycles. The largest absolute Gasteiger partial charge is 1.00 e. The summed E-state index contributed by atoms with van der Waals surface area (Å²) >= 11 is 4.88. The molecule has 1 unspecified atom stereocenters. The fraction of sp³-hybridized carbons (Fsp3) is 0.600. The predicted molar refractivity (Wildman–Crippen MR) is 29.6 cm³/mol. The van der Waals surface area contributed by atoms with Gasteiger partial charge in [0.15, 0.2) is 0 Å². The Kier molecular flexibility index (Phi) is 9.22. The average Bonchev–Trinajstić information content (AvgIpc) is 1.64. The quantitative estimate of drug-likeness (QED) is 0.263. The molecule has 0 rings (SSSR count). The van der Waals surface area contributed by atoms with Crippen molar-refractivity contribution in [2.75, 3.05) is 0 Å². The van der Waals surface area contributed by atoms with Crippen LogP contribution in [0.15, 0.2) is 0 Å². The third-order valence-corrected chi connectivity index (χ3v) is 1.23. The van der Waals surface area contributed by atoms with E-state index in [1.165, 1.54) is 0 Å². The summed E-state index contributed by atoms with van der Waals surface area (Å²) in [5.41, 5.74) is 0. The minimum Gasteiger partial charge on any atom is -0.549 e. The SMILES string of the molecule is CCC(C(=O)[O-])C(=O)Cl.[K+]. The van der Waals surface area contributed by atoms with E-state index >= 15 is 0 Å². The molecule has 0 amide bonds. The molecule has 3 nitrogen and oxygen atoms in total. The Morgan fingerprint density at radius 3 is 2.00 bits per heavy atom. The first-order valence-corrected chi connectivity index (χ1v) is 2.87. The summed E-state index contributed by atoms with van der Waals surface area (Å²) in [6, 6.07) is 0. The van der Waals surface area contributed by atoms with Crippen molar-refractivity contribution in [1.82, 2.24) is 0 Å². The van der Waals surface area contributed by atoms with Gasteiger partial charge in [0.2, 0.25) is 5.24 Å². The van der Waals surface area contributed by atoms with Crippen LogP contribution in [-0.4, -0.2) is 11.2 Å². The maximum absolute atomic E-state index is 10.2. The minimum atomic E-state index is -1.41. The van der Waals surface area contributed by atoms with Gasteiger partial charge in [-0.2, -0.15) is 0 Å². The second-order valence-electron chi connectivity index (χ2n) is 1.58. The number of rotatable bonds is 3. The summed E-state index contributed by atoms with van der Waals surface area (Å²) < 4.78 is 0. The first-order valence-electron chi connectivity index (χ1n) is 2.49. The molecule has 0 spiro atoms. The van der Waals surface area contributed by atoms with Crippen molar-refractivity contribution in [1.29, 1.82) is 0 Å². The molecule has 10 heavy (non-hydrogen) atoms. The minimum absolute atomic E-state index is 0. The van der Waals surface area contributed by atoms with Crippen LogP contribution in [0, 0.1) is 5.92 Å². The van der Waals surface area contributed by atoms with Gasteiger partial charge in [0.1, 0.15) is 0 Å². The van der Waals surface area contributed by atoms with Crippen LogP contribution in [0.2, 0.25) is 0 Å². The molecule has 0 radical (unpaired) electrons.